The van der Waals surface area contributed by atoms with Gasteiger partial charge in [0, 0.05) is 5.56 Å². The average Bonchev–Trinajstić information content (AvgIpc) is 2.27. The molecule has 0 aromatic heterocycles. The van der Waals surface area contributed by atoms with Crippen molar-refractivity contribution in [3.8, 4) is 5.75 Å². The lowest BCUT2D eigenvalue weighted by molar-refractivity contribution is -0.138. The van der Waals surface area contributed by atoms with E-state index >= 15 is 0 Å². The highest BCUT2D eigenvalue weighted by atomic mass is 79.9. The van der Waals surface area contributed by atoms with Gasteiger partial charge in [0.25, 0.3) is 0 Å². The number of hydrogen-bond acceptors (Lipinski definition) is 2. The van der Waals surface area contributed by atoms with E-state index < -0.39 is 22.4 Å². The summed E-state index contributed by atoms with van der Waals surface area (Å²) in [6.45, 7) is 3.42. The Morgan fingerprint density at radius 2 is 2.06 bits per heavy atom. The second-order valence-corrected chi connectivity index (χ2v) is 4.99. The number of carbonyl (C=O) groups is 1. The van der Waals surface area contributed by atoms with E-state index in [2.05, 4.69) is 15.9 Å². The molecule has 0 N–H and O–H groups in total. The highest BCUT2D eigenvalue weighted by Gasteiger charge is 2.36. The molecule has 0 saturated carbocycles. The van der Waals surface area contributed by atoms with Gasteiger partial charge in [-0.15, -0.1) is 0 Å². The van der Waals surface area contributed by atoms with E-state index in [1.54, 1.807) is 6.92 Å². The van der Waals surface area contributed by atoms with Crippen molar-refractivity contribution in [3.05, 3.63) is 29.3 Å². The van der Waals surface area contributed by atoms with Crippen LogP contribution in [0.5, 0.6) is 5.75 Å². The van der Waals surface area contributed by atoms with E-state index in [1.807, 2.05) is 0 Å². The van der Waals surface area contributed by atoms with Crippen molar-refractivity contribution in [2.75, 3.05) is 6.61 Å². The molecule has 1 rings (SSSR count). The molecule has 2 nitrogen and oxygen atoms in total. The Morgan fingerprint density at radius 3 is 2.50 bits per heavy atom. The zero-order valence-electron chi connectivity index (χ0n) is 9.84. The average molecular weight is 325 g/mol. The molecule has 0 bridgehead atoms. The summed E-state index contributed by atoms with van der Waals surface area (Å²) in [5.41, 5.74) is -1.32. The molecule has 18 heavy (non-hydrogen) atoms. The monoisotopic (exact) mass is 324 g/mol. The minimum atomic E-state index is -4.58. The van der Waals surface area contributed by atoms with Crippen LogP contribution in [0.1, 0.15) is 29.8 Å². The van der Waals surface area contributed by atoms with Crippen LogP contribution in [-0.2, 0) is 6.18 Å². The fourth-order valence-electron chi connectivity index (χ4n) is 1.44. The fraction of sp³-hybridized carbons (Fsp3) is 0.417. The lowest BCUT2D eigenvalue weighted by atomic mass is 10.0. The smallest absolute Gasteiger partial charge is 0.417 e. The number of ether oxygens (including phenoxy) is 1. The van der Waals surface area contributed by atoms with Gasteiger partial charge >= 0.3 is 6.18 Å². The molecule has 0 fully saturated rings. The highest BCUT2D eigenvalue weighted by molar-refractivity contribution is 9.10. The summed E-state index contributed by atoms with van der Waals surface area (Å²) in [7, 11) is 0. The number of rotatable bonds is 4. The van der Waals surface area contributed by atoms with Gasteiger partial charge in [-0.3, -0.25) is 4.79 Å². The molecular formula is C12H12BrF3O2. The molecule has 1 atom stereocenters. The third-order valence-electron chi connectivity index (χ3n) is 2.23. The number of hydrogen-bond donors (Lipinski definition) is 0. The van der Waals surface area contributed by atoms with Gasteiger partial charge in [0.2, 0.25) is 0 Å². The van der Waals surface area contributed by atoms with Gasteiger partial charge in [0.15, 0.2) is 5.78 Å². The number of carbonyl (C=O) groups excluding carboxylic acids is 1. The van der Waals surface area contributed by atoms with Gasteiger partial charge in [-0.25, -0.2) is 0 Å². The minimum absolute atomic E-state index is 0.101. The van der Waals surface area contributed by atoms with Gasteiger partial charge in [-0.1, -0.05) is 15.9 Å². The molecular weight excluding hydrogens is 313 g/mol. The Morgan fingerprint density at radius 1 is 1.44 bits per heavy atom. The van der Waals surface area contributed by atoms with Crippen LogP contribution in [0.2, 0.25) is 0 Å². The van der Waals surface area contributed by atoms with Crippen molar-refractivity contribution in [1.29, 1.82) is 0 Å². The molecule has 0 aliphatic rings. The van der Waals surface area contributed by atoms with Crippen LogP contribution in [0.25, 0.3) is 0 Å². The first kappa shape index (κ1) is 15.0. The third-order valence-corrected chi connectivity index (χ3v) is 2.65. The van der Waals surface area contributed by atoms with Crippen molar-refractivity contribution in [1.82, 2.24) is 0 Å². The normalized spacial score (nSPS) is 13.2. The maximum absolute atomic E-state index is 12.9. The number of alkyl halides is 4. The van der Waals surface area contributed by atoms with Gasteiger partial charge in [0.1, 0.15) is 5.75 Å². The topological polar surface area (TPSA) is 26.3 Å². The zero-order chi connectivity index (χ0) is 13.9. The van der Waals surface area contributed by atoms with E-state index in [4.69, 9.17) is 4.74 Å². The molecule has 100 valence electrons. The SMILES string of the molecule is CCOc1ccc(C(=O)C(C)Br)c(C(F)(F)F)c1. The van der Waals surface area contributed by atoms with E-state index in [1.165, 1.54) is 13.0 Å². The summed E-state index contributed by atoms with van der Waals surface area (Å²) >= 11 is 2.98. The fourth-order valence-corrected chi connectivity index (χ4v) is 1.69. The lowest BCUT2D eigenvalue weighted by Gasteiger charge is -2.14. The second-order valence-electron chi connectivity index (χ2n) is 3.62. The molecule has 0 spiro atoms. The Bertz CT molecular complexity index is 441. The van der Waals surface area contributed by atoms with Crippen molar-refractivity contribution in [2.45, 2.75) is 24.9 Å². The van der Waals surface area contributed by atoms with Crippen molar-refractivity contribution in [3.63, 3.8) is 0 Å². The number of ketones is 1. The Hall–Kier alpha value is -1.04. The third kappa shape index (κ3) is 3.48. The summed E-state index contributed by atoms with van der Waals surface area (Å²) in [6, 6.07) is 3.36. The van der Waals surface area contributed by atoms with E-state index in [0.717, 1.165) is 12.1 Å². The van der Waals surface area contributed by atoms with E-state index in [-0.39, 0.29) is 17.9 Å². The molecule has 1 aromatic carbocycles. The number of benzene rings is 1. The van der Waals surface area contributed by atoms with Crippen LogP contribution in [0.3, 0.4) is 0 Å². The van der Waals surface area contributed by atoms with Crippen LogP contribution in [0.4, 0.5) is 13.2 Å². The highest BCUT2D eigenvalue weighted by Crippen LogP contribution is 2.35. The van der Waals surface area contributed by atoms with Crippen LogP contribution < -0.4 is 4.74 Å². The molecule has 0 radical (unpaired) electrons. The van der Waals surface area contributed by atoms with Gasteiger partial charge in [-0.05, 0) is 32.0 Å². The quantitative estimate of drug-likeness (QED) is 0.616. The van der Waals surface area contributed by atoms with Crippen LogP contribution in [0, 0.1) is 0 Å². The number of Topliss-reactive ketones (excluding diaryl/α,β-unsaturated/α-hetero) is 1. The summed E-state index contributed by atoms with van der Waals surface area (Å²) in [5.74, 6) is -0.506. The summed E-state index contributed by atoms with van der Waals surface area (Å²) in [6.07, 6.45) is -4.58. The predicted octanol–water partition coefficient (Wildman–Crippen LogP) is 4.07. The predicted molar refractivity (Wildman–Crippen MR) is 65.3 cm³/mol. The first-order chi connectivity index (χ1) is 8.27. The molecule has 0 aliphatic heterocycles. The standard InChI is InChI=1S/C12H12BrF3O2/c1-3-18-8-4-5-9(11(17)7(2)13)10(6-8)12(14,15)16/h4-7H,3H2,1-2H3. The Kier molecular flexibility index (Phi) is 4.78. The van der Waals surface area contributed by atoms with Crippen LogP contribution >= 0.6 is 15.9 Å². The second kappa shape index (κ2) is 5.73. The maximum Gasteiger partial charge on any atom is 0.417 e. The molecule has 0 amide bonds. The first-order valence-corrected chi connectivity index (χ1v) is 6.21. The van der Waals surface area contributed by atoms with Crippen LogP contribution in [0.15, 0.2) is 18.2 Å². The van der Waals surface area contributed by atoms with Gasteiger partial charge < -0.3 is 4.74 Å². The van der Waals surface area contributed by atoms with Gasteiger partial charge in [-0.2, -0.15) is 13.2 Å². The van der Waals surface area contributed by atoms with Crippen LogP contribution in [-0.4, -0.2) is 17.2 Å². The van der Waals surface area contributed by atoms with Gasteiger partial charge in [0.05, 0.1) is 17.0 Å². The number of halogens is 4. The Labute approximate surface area is 111 Å². The zero-order valence-corrected chi connectivity index (χ0v) is 11.4. The largest absolute Gasteiger partial charge is 0.494 e. The molecule has 1 unspecified atom stereocenters. The molecule has 1 aromatic rings. The first-order valence-electron chi connectivity index (χ1n) is 5.29. The summed E-state index contributed by atoms with van der Waals surface area (Å²) < 4.78 is 43.6. The molecule has 6 heteroatoms. The Balaban J connectivity index is 3.30. The summed E-state index contributed by atoms with van der Waals surface area (Å²) in [4.78, 5) is 11.0. The van der Waals surface area contributed by atoms with Crippen molar-refractivity contribution in [2.24, 2.45) is 0 Å². The van der Waals surface area contributed by atoms with Crippen molar-refractivity contribution >= 4 is 21.7 Å². The molecule has 0 saturated heterocycles. The molecule has 0 aliphatic carbocycles. The lowest BCUT2D eigenvalue weighted by Crippen LogP contribution is -2.18. The van der Waals surface area contributed by atoms with E-state index in [9.17, 15) is 18.0 Å². The molecule has 0 heterocycles. The van der Waals surface area contributed by atoms with E-state index in [0.29, 0.717) is 0 Å². The minimum Gasteiger partial charge on any atom is -0.494 e. The summed E-state index contributed by atoms with van der Waals surface area (Å²) in [5, 5.41) is 0. The van der Waals surface area contributed by atoms with Crippen molar-refractivity contribution < 1.29 is 22.7 Å². The maximum atomic E-state index is 12.9.